The summed E-state index contributed by atoms with van der Waals surface area (Å²) < 4.78 is 0. The lowest BCUT2D eigenvalue weighted by Gasteiger charge is -2.04. The SMILES string of the molecule is CC(=O)NCCc1ccc(-c2csc(NC(=O)c3cc4c(s3)CCCCC4)n2)cc1. The number of rotatable bonds is 6. The zero-order valence-corrected chi connectivity index (χ0v) is 18.6. The Morgan fingerprint density at radius 3 is 2.70 bits per heavy atom. The van der Waals surface area contributed by atoms with E-state index in [0.717, 1.165) is 41.0 Å². The van der Waals surface area contributed by atoms with Crippen LogP contribution < -0.4 is 10.6 Å². The van der Waals surface area contributed by atoms with E-state index in [1.165, 1.54) is 48.0 Å². The van der Waals surface area contributed by atoms with Crippen molar-refractivity contribution in [2.24, 2.45) is 0 Å². The molecule has 2 heterocycles. The number of aromatic nitrogens is 1. The largest absolute Gasteiger partial charge is 0.356 e. The molecule has 0 saturated heterocycles. The number of benzene rings is 1. The Bertz CT molecular complexity index is 1010. The maximum absolute atomic E-state index is 12.7. The van der Waals surface area contributed by atoms with Crippen LogP contribution in [0.15, 0.2) is 35.7 Å². The molecule has 1 aliphatic carbocycles. The molecule has 0 saturated carbocycles. The number of fused-ring (bicyclic) bond motifs is 1. The number of carbonyl (C=O) groups is 2. The van der Waals surface area contributed by atoms with Gasteiger partial charge in [0.25, 0.3) is 5.91 Å². The third-order valence-electron chi connectivity index (χ3n) is 5.23. The summed E-state index contributed by atoms with van der Waals surface area (Å²) in [6.07, 6.45) is 6.68. The molecule has 156 valence electrons. The van der Waals surface area contributed by atoms with Crippen molar-refractivity contribution in [3.05, 3.63) is 56.6 Å². The number of amides is 2. The highest BCUT2D eigenvalue weighted by Gasteiger charge is 2.17. The van der Waals surface area contributed by atoms with Crippen LogP contribution >= 0.6 is 22.7 Å². The van der Waals surface area contributed by atoms with Crippen molar-refractivity contribution in [3.8, 4) is 11.3 Å². The minimum atomic E-state index is -0.0673. The summed E-state index contributed by atoms with van der Waals surface area (Å²) in [5.41, 5.74) is 4.37. The van der Waals surface area contributed by atoms with Crippen molar-refractivity contribution >= 4 is 39.6 Å². The molecule has 30 heavy (non-hydrogen) atoms. The van der Waals surface area contributed by atoms with Crippen molar-refractivity contribution in [2.45, 2.75) is 45.4 Å². The average molecular weight is 440 g/mol. The molecule has 0 aliphatic heterocycles. The Hall–Kier alpha value is -2.51. The Balaban J connectivity index is 1.38. The summed E-state index contributed by atoms with van der Waals surface area (Å²) in [5.74, 6) is -0.0795. The van der Waals surface area contributed by atoms with Crippen LogP contribution in [0, 0.1) is 0 Å². The van der Waals surface area contributed by atoms with Gasteiger partial charge < -0.3 is 5.32 Å². The fourth-order valence-corrected chi connectivity index (χ4v) is 5.49. The molecule has 0 atom stereocenters. The van der Waals surface area contributed by atoms with Crippen LogP contribution in [0.4, 0.5) is 5.13 Å². The molecular weight excluding hydrogens is 414 g/mol. The van der Waals surface area contributed by atoms with Gasteiger partial charge in [0.15, 0.2) is 5.13 Å². The molecule has 0 bridgehead atoms. The third kappa shape index (κ3) is 5.15. The average Bonchev–Trinajstić information content (AvgIpc) is 3.30. The number of hydrogen-bond donors (Lipinski definition) is 2. The molecule has 0 fully saturated rings. The first-order valence-electron chi connectivity index (χ1n) is 10.3. The minimum absolute atomic E-state index is 0.0121. The van der Waals surface area contributed by atoms with Crippen molar-refractivity contribution in [2.75, 3.05) is 11.9 Å². The van der Waals surface area contributed by atoms with E-state index in [2.05, 4.69) is 21.7 Å². The van der Waals surface area contributed by atoms with Gasteiger partial charge in [-0.05, 0) is 49.3 Å². The summed E-state index contributed by atoms with van der Waals surface area (Å²) >= 11 is 3.07. The Morgan fingerprint density at radius 1 is 1.10 bits per heavy atom. The molecule has 0 radical (unpaired) electrons. The first-order chi connectivity index (χ1) is 14.6. The molecule has 0 unspecified atom stereocenters. The Kier molecular flexibility index (Phi) is 6.59. The lowest BCUT2D eigenvalue weighted by atomic mass is 10.1. The van der Waals surface area contributed by atoms with Crippen molar-refractivity contribution in [1.82, 2.24) is 10.3 Å². The van der Waals surface area contributed by atoms with E-state index in [4.69, 9.17) is 0 Å². The second-order valence-corrected chi connectivity index (χ2v) is 9.54. The predicted molar refractivity (Wildman–Crippen MR) is 123 cm³/mol. The summed E-state index contributed by atoms with van der Waals surface area (Å²) in [6.45, 7) is 2.16. The van der Waals surface area contributed by atoms with E-state index in [9.17, 15) is 9.59 Å². The summed E-state index contributed by atoms with van der Waals surface area (Å²) in [4.78, 5) is 30.4. The van der Waals surface area contributed by atoms with Gasteiger partial charge in [-0.1, -0.05) is 30.7 Å². The van der Waals surface area contributed by atoms with Crippen LogP contribution in [0.1, 0.15) is 51.9 Å². The molecular formula is C23H25N3O2S2. The Morgan fingerprint density at radius 2 is 1.90 bits per heavy atom. The van der Waals surface area contributed by atoms with E-state index in [-0.39, 0.29) is 11.8 Å². The standard InChI is InChI=1S/C23H25N3O2S2/c1-15(27)24-12-11-16-7-9-17(10-8-16)19-14-29-23(25-19)26-22(28)21-13-18-5-3-2-4-6-20(18)30-21/h7-10,13-14H,2-6,11-12H2,1H3,(H,24,27)(H,25,26,28). The maximum atomic E-state index is 12.7. The van der Waals surface area contributed by atoms with Gasteiger partial charge in [0.1, 0.15) is 0 Å². The van der Waals surface area contributed by atoms with Crippen molar-refractivity contribution < 1.29 is 9.59 Å². The van der Waals surface area contributed by atoms with Crippen LogP contribution in [-0.4, -0.2) is 23.3 Å². The number of carbonyl (C=O) groups excluding carboxylic acids is 2. The molecule has 3 aromatic rings. The molecule has 0 spiro atoms. The van der Waals surface area contributed by atoms with E-state index in [1.807, 2.05) is 29.6 Å². The van der Waals surface area contributed by atoms with Gasteiger partial charge in [-0.15, -0.1) is 22.7 Å². The maximum Gasteiger partial charge on any atom is 0.267 e. The normalized spacial score (nSPS) is 13.4. The summed E-state index contributed by atoms with van der Waals surface area (Å²) in [7, 11) is 0. The number of thiophene rings is 1. The van der Waals surface area contributed by atoms with E-state index < -0.39 is 0 Å². The van der Waals surface area contributed by atoms with Crippen molar-refractivity contribution in [1.29, 1.82) is 0 Å². The van der Waals surface area contributed by atoms with Gasteiger partial charge in [0, 0.05) is 29.3 Å². The molecule has 1 aromatic carbocycles. The molecule has 2 aromatic heterocycles. The Labute approximate surface area is 184 Å². The second kappa shape index (κ2) is 9.53. The van der Waals surface area contributed by atoms with E-state index in [1.54, 1.807) is 11.3 Å². The number of nitrogens with one attached hydrogen (secondary N) is 2. The van der Waals surface area contributed by atoms with Crippen LogP contribution in [0.25, 0.3) is 11.3 Å². The topological polar surface area (TPSA) is 71.1 Å². The fraction of sp³-hybridized carbons (Fsp3) is 0.348. The van der Waals surface area contributed by atoms with E-state index >= 15 is 0 Å². The number of hydrogen-bond acceptors (Lipinski definition) is 5. The van der Waals surface area contributed by atoms with Gasteiger partial charge in [-0.2, -0.15) is 0 Å². The van der Waals surface area contributed by atoms with Gasteiger partial charge in [0.05, 0.1) is 10.6 Å². The molecule has 5 nitrogen and oxygen atoms in total. The summed E-state index contributed by atoms with van der Waals surface area (Å²) in [6, 6.07) is 10.2. The van der Waals surface area contributed by atoms with Gasteiger partial charge in [0.2, 0.25) is 5.91 Å². The highest BCUT2D eigenvalue weighted by atomic mass is 32.1. The van der Waals surface area contributed by atoms with Gasteiger partial charge >= 0.3 is 0 Å². The number of anilines is 1. The minimum Gasteiger partial charge on any atom is -0.356 e. The number of nitrogens with zero attached hydrogens (tertiary/aromatic N) is 1. The monoisotopic (exact) mass is 439 g/mol. The second-order valence-electron chi connectivity index (χ2n) is 7.54. The first-order valence-corrected chi connectivity index (χ1v) is 12.0. The lowest BCUT2D eigenvalue weighted by Crippen LogP contribution is -2.22. The highest BCUT2D eigenvalue weighted by molar-refractivity contribution is 7.15. The van der Waals surface area contributed by atoms with Crippen LogP contribution in [0.2, 0.25) is 0 Å². The smallest absolute Gasteiger partial charge is 0.267 e. The first kappa shape index (κ1) is 20.8. The van der Waals surface area contributed by atoms with Crippen molar-refractivity contribution in [3.63, 3.8) is 0 Å². The third-order valence-corrected chi connectivity index (χ3v) is 7.23. The van der Waals surface area contributed by atoms with Crippen LogP contribution in [0.5, 0.6) is 0 Å². The zero-order chi connectivity index (χ0) is 20.9. The summed E-state index contributed by atoms with van der Waals surface area (Å²) in [5, 5.41) is 8.35. The molecule has 2 amide bonds. The molecule has 1 aliphatic rings. The highest BCUT2D eigenvalue weighted by Crippen LogP contribution is 2.30. The van der Waals surface area contributed by atoms with E-state index in [0.29, 0.717) is 11.7 Å². The molecule has 4 rings (SSSR count). The number of thiazole rings is 1. The zero-order valence-electron chi connectivity index (χ0n) is 17.0. The fourth-order valence-electron chi connectivity index (χ4n) is 3.63. The van der Waals surface area contributed by atoms with Gasteiger partial charge in [-0.3, -0.25) is 14.9 Å². The van der Waals surface area contributed by atoms with Crippen LogP contribution in [0.3, 0.4) is 0 Å². The number of aryl methyl sites for hydroxylation is 2. The predicted octanol–water partition coefficient (Wildman–Crippen LogP) is 5.07. The molecule has 7 heteroatoms. The van der Waals surface area contributed by atoms with Gasteiger partial charge in [-0.25, -0.2) is 4.98 Å². The lowest BCUT2D eigenvalue weighted by molar-refractivity contribution is -0.118. The quantitative estimate of drug-likeness (QED) is 0.527. The molecule has 2 N–H and O–H groups in total. The van der Waals surface area contributed by atoms with Crippen LogP contribution in [-0.2, 0) is 24.1 Å².